The van der Waals surface area contributed by atoms with Crippen LogP contribution in [0.2, 0.25) is 0 Å². The molecule has 94 valence electrons. The predicted octanol–water partition coefficient (Wildman–Crippen LogP) is 3.24. The normalized spacial score (nSPS) is 14.8. The molecule has 1 atom stereocenters. The van der Waals surface area contributed by atoms with Gasteiger partial charge in [-0.1, -0.05) is 6.07 Å². The van der Waals surface area contributed by atoms with Gasteiger partial charge in [0.1, 0.15) is 22.6 Å². The fourth-order valence-electron chi connectivity index (χ4n) is 1.15. The molecule has 1 aromatic carbocycles. The van der Waals surface area contributed by atoms with Crippen molar-refractivity contribution < 1.29 is 13.0 Å². The second-order valence-electron chi connectivity index (χ2n) is 4.63. The zero-order valence-electron chi connectivity index (χ0n) is 10.3. The van der Waals surface area contributed by atoms with E-state index in [9.17, 15) is 13.0 Å². The molecule has 2 nitrogen and oxygen atoms in total. The minimum Gasteiger partial charge on any atom is -0.234 e. The lowest BCUT2D eigenvalue weighted by atomic mass is 10.1. The maximum atomic E-state index is 13.4. The van der Waals surface area contributed by atoms with Gasteiger partial charge >= 0.3 is 0 Å². The highest BCUT2D eigenvalue weighted by atomic mass is 32.2. The summed E-state index contributed by atoms with van der Waals surface area (Å²) in [5, 5.41) is 0. The van der Waals surface area contributed by atoms with Crippen LogP contribution in [0.1, 0.15) is 33.3 Å². The molecule has 1 aromatic rings. The fourth-order valence-corrected chi connectivity index (χ4v) is 1.76. The molecule has 0 aliphatic carbocycles. The Morgan fingerprint density at radius 1 is 1.24 bits per heavy atom. The van der Waals surface area contributed by atoms with Gasteiger partial charge in [0.25, 0.3) is 0 Å². The van der Waals surface area contributed by atoms with Crippen molar-refractivity contribution in [3.05, 3.63) is 35.4 Å². The SMILES string of the molecule is CC(=N[S@@](=O)C(C)(C)C)c1c(F)cccc1F. The van der Waals surface area contributed by atoms with Gasteiger partial charge < -0.3 is 0 Å². The molecule has 1 rings (SSSR count). The number of halogens is 2. The van der Waals surface area contributed by atoms with Crippen molar-refractivity contribution in [1.29, 1.82) is 0 Å². The van der Waals surface area contributed by atoms with Crippen molar-refractivity contribution in [1.82, 2.24) is 0 Å². The number of benzene rings is 1. The van der Waals surface area contributed by atoms with Crippen LogP contribution in [-0.4, -0.2) is 14.7 Å². The van der Waals surface area contributed by atoms with E-state index in [0.29, 0.717) is 0 Å². The average molecular weight is 259 g/mol. The summed E-state index contributed by atoms with van der Waals surface area (Å²) in [6.45, 7) is 6.69. The zero-order chi connectivity index (χ0) is 13.2. The van der Waals surface area contributed by atoms with Gasteiger partial charge in [-0.15, -0.1) is 0 Å². The van der Waals surface area contributed by atoms with Crippen LogP contribution >= 0.6 is 0 Å². The second kappa shape index (κ2) is 5.04. The van der Waals surface area contributed by atoms with E-state index in [2.05, 4.69) is 4.40 Å². The van der Waals surface area contributed by atoms with Gasteiger partial charge in [-0.3, -0.25) is 0 Å². The largest absolute Gasteiger partial charge is 0.234 e. The Morgan fingerprint density at radius 3 is 2.12 bits per heavy atom. The molecule has 0 fully saturated rings. The first kappa shape index (κ1) is 14.0. The molecule has 0 aliphatic heterocycles. The van der Waals surface area contributed by atoms with Gasteiger partial charge in [-0.2, -0.15) is 4.40 Å². The van der Waals surface area contributed by atoms with Gasteiger partial charge in [0, 0.05) is 0 Å². The predicted molar refractivity (Wildman–Crippen MR) is 66.5 cm³/mol. The Labute approximate surface area is 102 Å². The van der Waals surface area contributed by atoms with E-state index in [1.807, 2.05) is 0 Å². The quantitative estimate of drug-likeness (QED) is 0.750. The van der Waals surface area contributed by atoms with Crippen LogP contribution in [0.4, 0.5) is 8.78 Å². The van der Waals surface area contributed by atoms with E-state index in [1.54, 1.807) is 20.8 Å². The first-order valence-electron chi connectivity index (χ1n) is 5.15. The fraction of sp³-hybridized carbons (Fsp3) is 0.417. The van der Waals surface area contributed by atoms with E-state index < -0.39 is 27.4 Å². The molecule has 0 aromatic heterocycles. The molecule has 0 aliphatic rings. The topological polar surface area (TPSA) is 29.4 Å². The summed E-state index contributed by atoms with van der Waals surface area (Å²) in [5.74, 6) is -1.39. The summed E-state index contributed by atoms with van der Waals surface area (Å²) >= 11 is 0. The molecule has 0 N–H and O–H groups in total. The summed E-state index contributed by atoms with van der Waals surface area (Å²) in [4.78, 5) is 0. The summed E-state index contributed by atoms with van der Waals surface area (Å²) in [5.41, 5.74) is -0.112. The molecule has 5 heteroatoms. The zero-order valence-corrected chi connectivity index (χ0v) is 11.1. The Hall–Kier alpha value is -1.10. The summed E-state index contributed by atoms with van der Waals surface area (Å²) in [6, 6.07) is 3.58. The standard InChI is InChI=1S/C12H15F2NOS/c1-8(15-17(16)12(2,3)4)11-9(13)6-5-7-10(11)14/h5-7H,1-4H3/t17-/m0/s1. The van der Waals surface area contributed by atoms with Crippen LogP contribution in [0.15, 0.2) is 22.6 Å². The molecule has 0 amide bonds. The molecule has 0 unspecified atom stereocenters. The molecule has 0 saturated carbocycles. The first-order chi connectivity index (χ1) is 7.73. The van der Waals surface area contributed by atoms with Crippen molar-refractivity contribution >= 4 is 16.7 Å². The highest BCUT2D eigenvalue weighted by Crippen LogP contribution is 2.17. The summed E-state index contributed by atoms with van der Waals surface area (Å²) in [6.07, 6.45) is 0. The number of hydrogen-bond acceptors (Lipinski definition) is 1. The smallest absolute Gasteiger partial charge is 0.145 e. The van der Waals surface area contributed by atoms with Crippen LogP contribution in [0.25, 0.3) is 0 Å². The third-order valence-electron chi connectivity index (χ3n) is 2.07. The third-order valence-corrected chi connectivity index (χ3v) is 3.56. The Bertz CT molecular complexity index is 458. The lowest BCUT2D eigenvalue weighted by molar-refractivity contribution is 0.579. The minimum absolute atomic E-state index is 0.105. The Kier molecular flexibility index (Phi) is 4.14. The number of hydrogen-bond donors (Lipinski definition) is 0. The molecule has 0 saturated heterocycles. The van der Waals surface area contributed by atoms with Crippen LogP contribution in [0.5, 0.6) is 0 Å². The third kappa shape index (κ3) is 3.43. The maximum Gasteiger partial charge on any atom is 0.145 e. The van der Waals surface area contributed by atoms with Gasteiger partial charge in [0.15, 0.2) is 0 Å². The average Bonchev–Trinajstić information content (AvgIpc) is 2.15. The molecule has 0 spiro atoms. The van der Waals surface area contributed by atoms with Gasteiger partial charge in [-0.05, 0) is 39.8 Å². The van der Waals surface area contributed by atoms with Gasteiger partial charge in [-0.25, -0.2) is 13.0 Å². The van der Waals surface area contributed by atoms with Crippen molar-refractivity contribution in [2.24, 2.45) is 4.40 Å². The second-order valence-corrected chi connectivity index (χ2v) is 6.54. The van der Waals surface area contributed by atoms with Crippen molar-refractivity contribution in [3.63, 3.8) is 0 Å². The molecule has 0 bridgehead atoms. The van der Waals surface area contributed by atoms with Crippen LogP contribution in [0.3, 0.4) is 0 Å². The van der Waals surface area contributed by atoms with Crippen molar-refractivity contribution in [3.8, 4) is 0 Å². The van der Waals surface area contributed by atoms with Gasteiger partial charge in [0.05, 0.1) is 16.0 Å². The Balaban J connectivity index is 3.18. The minimum atomic E-state index is -1.53. The van der Waals surface area contributed by atoms with E-state index in [0.717, 1.165) is 12.1 Å². The first-order valence-corrected chi connectivity index (χ1v) is 6.26. The number of rotatable bonds is 2. The van der Waals surface area contributed by atoms with Crippen LogP contribution in [-0.2, 0) is 11.0 Å². The molecule has 0 heterocycles. The molecular formula is C12H15F2NOS. The van der Waals surface area contributed by atoms with Crippen LogP contribution in [0, 0.1) is 11.6 Å². The lowest BCUT2D eigenvalue weighted by Gasteiger charge is -2.14. The van der Waals surface area contributed by atoms with Crippen LogP contribution < -0.4 is 0 Å². The molecule has 0 radical (unpaired) electrons. The van der Waals surface area contributed by atoms with Crippen molar-refractivity contribution in [2.45, 2.75) is 32.4 Å². The maximum absolute atomic E-state index is 13.4. The van der Waals surface area contributed by atoms with E-state index in [4.69, 9.17) is 0 Å². The summed E-state index contributed by atoms with van der Waals surface area (Å²) < 4.78 is 41.9. The van der Waals surface area contributed by atoms with E-state index >= 15 is 0 Å². The lowest BCUT2D eigenvalue weighted by Crippen LogP contribution is -2.21. The number of nitrogens with zero attached hydrogens (tertiary/aromatic N) is 1. The summed E-state index contributed by atoms with van der Waals surface area (Å²) in [7, 11) is -1.53. The Morgan fingerprint density at radius 2 is 1.71 bits per heavy atom. The highest BCUT2D eigenvalue weighted by molar-refractivity contribution is 7.85. The molecule has 17 heavy (non-hydrogen) atoms. The van der Waals surface area contributed by atoms with E-state index in [-0.39, 0.29) is 11.3 Å². The van der Waals surface area contributed by atoms with Gasteiger partial charge in [0.2, 0.25) is 0 Å². The monoisotopic (exact) mass is 259 g/mol. The molecular weight excluding hydrogens is 244 g/mol. The van der Waals surface area contributed by atoms with Crippen molar-refractivity contribution in [2.75, 3.05) is 0 Å². The highest BCUT2D eigenvalue weighted by Gasteiger charge is 2.20. The van der Waals surface area contributed by atoms with E-state index in [1.165, 1.54) is 13.0 Å².